The topological polar surface area (TPSA) is 20.2 Å². The smallest absolute Gasteiger partial charge is 0.0521 e. The zero-order chi connectivity index (χ0) is 7.11. The van der Waals surface area contributed by atoms with Gasteiger partial charge in [-0.2, -0.15) is 11.8 Å². The Labute approximate surface area is 61.2 Å². The lowest BCUT2D eigenvalue weighted by molar-refractivity contribution is 0.322. The second-order valence-corrected chi connectivity index (χ2v) is 3.16. The first-order valence-electron chi connectivity index (χ1n) is 3.12. The van der Waals surface area contributed by atoms with Gasteiger partial charge in [0, 0.05) is 5.75 Å². The summed E-state index contributed by atoms with van der Waals surface area (Å²) in [7, 11) is 0. The normalized spacial score (nSPS) is 13.1. The largest absolute Gasteiger partial charge is 0.396 e. The van der Waals surface area contributed by atoms with Gasteiger partial charge >= 0.3 is 0 Å². The predicted molar refractivity (Wildman–Crippen MR) is 43.8 cm³/mol. The first kappa shape index (κ1) is 9.05. The van der Waals surface area contributed by atoms with Crippen molar-refractivity contribution >= 4 is 11.8 Å². The highest BCUT2D eigenvalue weighted by Gasteiger charge is 1.93. The number of thioether (sulfide) groups is 1. The molecule has 0 saturated heterocycles. The van der Waals surface area contributed by atoms with Gasteiger partial charge in [-0.05, 0) is 11.7 Å². The molecule has 9 heavy (non-hydrogen) atoms. The average molecular weight is 146 g/mol. The highest BCUT2D eigenvalue weighted by molar-refractivity contribution is 7.99. The van der Waals surface area contributed by atoms with E-state index >= 15 is 0 Å². The van der Waals surface area contributed by atoms with E-state index in [2.05, 4.69) is 13.5 Å². The van der Waals surface area contributed by atoms with Crippen molar-refractivity contribution in [3.63, 3.8) is 0 Å². The molecular formula is C7H14OS. The Kier molecular flexibility index (Phi) is 6.21. The van der Waals surface area contributed by atoms with Crippen LogP contribution in [0.1, 0.15) is 6.92 Å². The molecule has 0 aromatic carbocycles. The van der Waals surface area contributed by atoms with Crippen molar-refractivity contribution in [2.75, 3.05) is 18.1 Å². The van der Waals surface area contributed by atoms with E-state index in [-0.39, 0.29) is 6.61 Å². The average Bonchev–Trinajstić information content (AvgIpc) is 1.89. The van der Waals surface area contributed by atoms with Gasteiger partial charge in [-0.15, -0.1) is 6.58 Å². The molecule has 0 heterocycles. The lowest BCUT2D eigenvalue weighted by atomic mass is 10.2. The number of hydrogen-bond donors (Lipinski definition) is 1. The first-order valence-corrected chi connectivity index (χ1v) is 4.28. The van der Waals surface area contributed by atoms with Crippen LogP contribution in [-0.2, 0) is 0 Å². The molecule has 0 aliphatic rings. The molecular weight excluding hydrogens is 132 g/mol. The highest BCUT2D eigenvalue weighted by atomic mass is 32.2. The van der Waals surface area contributed by atoms with Gasteiger partial charge in [0.2, 0.25) is 0 Å². The molecule has 0 spiro atoms. The molecule has 54 valence electrons. The van der Waals surface area contributed by atoms with Crippen molar-refractivity contribution in [3.8, 4) is 0 Å². The SMILES string of the molecule is C=CC(C)CSCCO. The standard InChI is InChI=1S/C7H14OS/c1-3-7(2)6-9-5-4-8/h3,7-8H,1,4-6H2,2H3. The van der Waals surface area contributed by atoms with Crippen molar-refractivity contribution < 1.29 is 5.11 Å². The summed E-state index contributed by atoms with van der Waals surface area (Å²) in [6.45, 7) is 6.07. The summed E-state index contributed by atoms with van der Waals surface area (Å²) in [6.07, 6.45) is 1.93. The third-order valence-electron chi connectivity index (χ3n) is 1.02. The summed E-state index contributed by atoms with van der Waals surface area (Å²) in [5.41, 5.74) is 0. The van der Waals surface area contributed by atoms with Crippen LogP contribution in [0.5, 0.6) is 0 Å². The minimum absolute atomic E-state index is 0.286. The van der Waals surface area contributed by atoms with Gasteiger partial charge < -0.3 is 5.11 Å². The van der Waals surface area contributed by atoms with E-state index in [0.29, 0.717) is 5.92 Å². The van der Waals surface area contributed by atoms with Crippen LogP contribution in [-0.4, -0.2) is 23.2 Å². The minimum Gasteiger partial charge on any atom is -0.396 e. The lowest BCUT2D eigenvalue weighted by Crippen LogP contribution is -1.95. The van der Waals surface area contributed by atoms with Crippen molar-refractivity contribution in [1.82, 2.24) is 0 Å². The van der Waals surface area contributed by atoms with E-state index in [1.807, 2.05) is 6.08 Å². The van der Waals surface area contributed by atoms with Crippen LogP contribution in [0.4, 0.5) is 0 Å². The van der Waals surface area contributed by atoms with Gasteiger partial charge in [-0.25, -0.2) is 0 Å². The van der Waals surface area contributed by atoms with E-state index < -0.39 is 0 Å². The Bertz CT molecular complexity index is 73.3. The molecule has 0 saturated carbocycles. The van der Waals surface area contributed by atoms with Crippen LogP contribution >= 0.6 is 11.8 Å². The van der Waals surface area contributed by atoms with Crippen molar-refractivity contribution in [2.45, 2.75) is 6.92 Å². The second-order valence-electron chi connectivity index (χ2n) is 2.01. The van der Waals surface area contributed by atoms with Crippen LogP contribution in [0.15, 0.2) is 12.7 Å². The Morgan fingerprint density at radius 2 is 2.44 bits per heavy atom. The zero-order valence-corrected chi connectivity index (χ0v) is 6.66. The fraction of sp³-hybridized carbons (Fsp3) is 0.714. The van der Waals surface area contributed by atoms with Crippen LogP contribution in [0, 0.1) is 5.92 Å². The number of aliphatic hydroxyl groups is 1. The maximum Gasteiger partial charge on any atom is 0.0521 e. The Balaban J connectivity index is 2.96. The van der Waals surface area contributed by atoms with Crippen LogP contribution in [0.3, 0.4) is 0 Å². The van der Waals surface area contributed by atoms with Gasteiger partial charge in [0.15, 0.2) is 0 Å². The summed E-state index contributed by atoms with van der Waals surface area (Å²) in [5.74, 6) is 2.49. The molecule has 1 atom stereocenters. The summed E-state index contributed by atoms with van der Waals surface area (Å²) in [5, 5.41) is 8.41. The van der Waals surface area contributed by atoms with Gasteiger partial charge in [-0.3, -0.25) is 0 Å². The Morgan fingerprint density at radius 3 is 2.89 bits per heavy atom. The summed E-state index contributed by atoms with van der Waals surface area (Å²) in [4.78, 5) is 0. The van der Waals surface area contributed by atoms with Crippen LogP contribution < -0.4 is 0 Å². The van der Waals surface area contributed by atoms with Gasteiger partial charge in [0.25, 0.3) is 0 Å². The number of hydrogen-bond acceptors (Lipinski definition) is 2. The van der Waals surface area contributed by atoms with Crippen molar-refractivity contribution in [2.24, 2.45) is 5.92 Å². The van der Waals surface area contributed by atoms with E-state index in [4.69, 9.17) is 5.11 Å². The molecule has 0 aliphatic carbocycles. The molecule has 1 nitrogen and oxygen atoms in total. The number of rotatable bonds is 5. The summed E-state index contributed by atoms with van der Waals surface area (Å²) in [6, 6.07) is 0. The zero-order valence-electron chi connectivity index (χ0n) is 5.84. The van der Waals surface area contributed by atoms with Crippen molar-refractivity contribution in [1.29, 1.82) is 0 Å². The molecule has 0 amide bonds. The molecule has 0 aromatic heterocycles. The third kappa shape index (κ3) is 5.93. The fourth-order valence-electron chi connectivity index (χ4n) is 0.402. The molecule has 2 heteroatoms. The Morgan fingerprint density at radius 1 is 1.78 bits per heavy atom. The Hall–Kier alpha value is 0.0500. The lowest BCUT2D eigenvalue weighted by Gasteiger charge is -2.02. The number of allylic oxidation sites excluding steroid dienone is 1. The monoisotopic (exact) mass is 146 g/mol. The third-order valence-corrected chi connectivity index (χ3v) is 2.25. The highest BCUT2D eigenvalue weighted by Crippen LogP contribution is 2.07. The van der Waals surface area contributed by atoms with Gasteiger partial charge in [0.05, 0.1) is 6.61 Å². The van der Waals surface area contributed by atoms with E-state index in [1.165, 1.54) is 0 Å². The maximum atomic E-state index is 8.41. The quantitative estimate of drug-likeness (QED) is 0.469. The molecule has 1 N–H and O–H groups in total. The van der Waals surface area contributed by atoms with Gasteiger partial charge in [0.1, 0.15) is 0 Å². The van der Waals surface area contributed by atoms with Crippen molar-refractivity contribution in [3.05, 3.63) is 12.7 Å². The van der Waals surface area contributed by atoms with E-state index in [0.717, 1.165) is 11.5 Å². The molecule has 1 unspecified atom stereocenters. The second kappa shape index (κ2) is 6.17. The molecule has 0 fully saturated rings. The van der Waals surface area contributed by atoms with E-state index in [9.17, 15) is 0 Å². The molecule has 0 rings (SSSR count). The fourth-order valence-corrected chi connectivity index (χ4v) is 1.21. The number of aliphatic hydroxyl groups excluding tert-OH is 1. The van der Waals surface area contributed by atoms with Gasteiger partial charge in [-0.1, -0.05) is 13.0 Å². The molecule has 0 aromatic rings. The first-order chi connectivity index (χ1) is 4.31. The summed E-state index contributed by atoms with van der Waals surface area (Å²) >= 11 is 1.76. The predicted octanol–water partition coefficient (Wildman–Crippen LogP) is 1.53. The minimum atomic E-state index is 0.286. The molecule has 0 aliphatic heterocycles. The van der Waals surface area contributed by atoms with E-state index in [1.54, 1.807) is 11.8 Å². The molecule has 0 radical (unpaired) electrons. The van der Waals surface area contributed by atoms with Crippen LogP contribution in [0.2, 0.25) is 0 Å². The summed E-state index contributed by atoms with van der Waals surface area (Å²) < 4.78 is 0. The van der Waals surface area contributed by atoms with Crippen LogP contribution in [0.25, 0.3) is 0 Å². The molecule has 0 bridgehead atoms. The maximum absolute atomic E-state index is 8.41.